The maximum Gasteiger partial charge on any atom is 0.262 e. The summed E-state index contributed by atoms with van der Waals surface area (Å²) in [5.74, 6) is -1.04. The number of amides is 1. The first-order chi connectivity index (χ1) is 16.6. The number of fused-ring (bicyclic) bond motifs is 1. The summed E-state index contributed by atoms with van der Waals surface area (Å²) in [6.07, 6.45) is 2.97. The molecule has 1 unspecified atom stereocenters. The van der Waals surface area contributed by atoms with E-state index in [4.69, 9.17) is 33.7 Å². The van der Waals surface area contributed by atoms with E-state index in [-0.39, 0.29) is 22.4 Å². The van der Waals surface area contributed by atoms with Crippen LogP contribution in [0.2, 0.25) is 10.0 Å². The Bertz CT molecular complexity index is 1440. The third-order valence-corrected chi connectivity index (χ3v) is 6.15. The van der Waals surface area contributed by atoms with Crippen molar-refractivity contribution in [3.8, 4) is 5.75 Å². The highest BCUT2D eigenvalue weighted by Gasteiger charge is 2.30. The van der Waals surface area contributed by atoms with Crippen molar-refractivity contribution < 1.29 is 13.9 Å². The number of halogens is 3. The number of benzene rings is 2. The molecule has 4 rings (SSSR count). The number of imidazole rings is 1. The molecule has 10 heteroatoms. The number of nitrogens with two attached hydrogens (primary N) is 1. The van der Waals surface area contributed by atoms with E-state index in [1.165, 1.54) is 6.07 Å². The Morgan fingerprint density at radius 2 is 1.91 bits per heavy atom. The Kier molecular flexibility index (Phi) is 6.87. The van der Waals surface area contributed by atoms with Crippen molar-refractivity contribution in [3.05, 3.63) is 81.2 Å². The average molecular weight is 516 g/mol. The van der Waals surface area contributed by atoms with Gasteiger partial charge in [0, 0.05) is 23.9 Å². The summed E-state index contributed by atoms with van der Waals surface area (Å²) in [5.41, 5.74) is 7.95. The molecular weight excluding hydrogens is 492 g/mol. The number of hydrogen-bond acceptors (Lipinski definition) is 5. The second-order valence-corrected chi connectivity index (χ2v) is 9.19. The number of nitrogens with one attached hydrogen (secondary N) is 1. The summed E-state index contributed by atoms with van der Waals surface area (Å²) in [6.45, 7) is 7.28. The lowest BCUT2D eigenvalue weighted by atomic mass is 9.95. The first-order valence-electron chi connectivity index (χ1n) is 10.9. The fourth-order valence-electron chi connectivity index (χ4n) is 3.98. The SMILES string of the molecule is Cc1nc(C(C)c2cc(Cl)c(F)c(C(=O)Nc3ccccc3Cl)c2OC(C)C)n2ccnc(N)c12. The number of hydrogen-bond donors (Lipinski definition) is 2. The number of para-hydroxylation sites is 1. The Morgan fingerprint density at radius 1 is 1.20 bits per heavy atom. The number of aromatic nitrogens is 3. The molecule has 1 amide bonds. The van der Waals surface area contributed by atoms with Crippen molar-refractivity contribution in [2.75, 3.05) is 11.1 Å². The molecule has 0 fully saturated rings. The lowest BCUT2D eigenvalue weighted by molar-refractivity contribution is 0.101. The molecule has 0 saturated heterocycles. The molecule has 0 radical (unpaired) electrons. The largest absolute Gasteiger partial charge is 0.490 e. The highest BCUT2D eigenvalue weighted by atomic mass is 35.5. The predicted molar refractivity (Wildman–Crippen MR) is 136 cm³/mol. The molecule has 3 N–H and O–H groups in total. The minimum atomic E-state index is -0.888. The van der Waals surface area contributed by atoms with Crippen LogP contribution >= 0.6 is 23.2 Å². The molecule has 182 valence electrons. The Labute approximate surface area is 212 Å². The zero-order valence-electron chi connectivity index (χ0n) is 19.6. The van der Waals surface area contributed by atoms with E-state index >= 15 is 4.39 Å². The monoisotopic (exact) mass is 515 g/mol. The van der Waals surface area contributed by atoms with E-state index in [2.05, 4.69) is 15.3 Å². The molecule has 0 saturated carbocycles. The summed E-state index contributed by atoms with van der Waals surface area (Å²) in [6, 6.07) is 8.14. The van der Waals surface area contributed by atoms with E-state index in [1.807, 2.05) is 18.2 Å². The second-order valence-electron chi connectivity index (χ2n) is 8.37. The van der Waals surface area contributed by atoms with E-state index in [0.29, 0.717) is 39.1 Å². The summed E-state index contributed by atoms with van der Waals surface area (Å²) >= 11 is 12.5. The van der Waals surface area contributed by atoms with Gasteiger partial charge in [-0.25, -0.2) is 14.4 Å². The van der Waals surface area contributed by atoms with Crippen molar-refractivity contribution >= 4 is 46.1 Å². The molecule has 4 aromatic rings. The topological polar surface area (TPSA) is 94.5 Å². The Balaban J connectivity index is 1.90. The number of nitrogens with zero attached hydrogens (tertiary/aromatic N) is 3. The first kappa shape index (κ1) is 24.8. The number of carbonyl (C=O) groups excluding carboxylic acids is 1. The van der Waals surface area contributed by atoms with Gasteiger partial charge in [-0.3, -0.25) is 9.20 Å². The number of carbonyl (C=O) groups is 1. The fourth-order valence-corrected chi connectivity index (χ4v) is 4.37. The number of ether oxygens (including phenoxy) is 1. The zero-order chi connectivity index (χ0) is 25.4. The van der Waals surface area contributed by atoms with Crippen LogP contribution in [0.15, 0.2) is 42.7 Å². The van der Waals surface area contributed by atoms with Crippen molar-refractivity contribution in [1.29, 1.82) is 0 Å². The fraction of sp³-hybridized carbons (Fsp3) is 0.240. The van der Waals surface area contributed by atoms with E-state index < -0.39 is 17.6 Å². The van der Waals surface area contributed by atoms with E-state index in [0.717, 1.165) is 0 Å². The number of nitrogen functional groups attached to an aromatic ring is 1. The van der Waals surface area contributed by atoms with Crippen LogP contribution in [-0.2, 0) is 0 Å². The van der Waals surface area contributed by atoms with Crippen LogP contribution in [0.5, 0.6) is 5.75 Å². The van der Waals surface area contributed by atoms with Gasteiger partial charge in [-0.15, -0.1) is 0 Å². The summed E-state index contributed by atoms with van der Waals surface area (Å²) < 4.78 is 23.2. The lowest BCUT2D eigenvalue weighted by Crippen LogP contribution is -2.20. The van der Waals surface area contributed by atoms with Crippen molar-refractivity contribution in [3.63, 3.8) is 0 Å². The van der Waals surface area contributed by atoms with Crippen LogP contribution in [0.3, 0.4) is 0 Å². The molecular formula is C25H24Cl2FN5O2. The van der Waals surface area contributed by atoms with Gasteiger partial charge in [0.25, 0.3) is 5.91 Å². The van der Waals surface area contributed by atoms with Crippen LogP contribution in [0.1, 0.15) is 54.1 Å². The summed E-state index contributed by atoms with van der Waals surface area (Å²) in [4.78, 5) is 22.1. The third kappa shape index (κ3) is 4.63. The van der Waals surface area contributed by atoms with Gasteiger partial charge in [-0.1, -0.05) is 42.3 Å². The zero-order valence-corrected chi connectivity index (χ0v) is 21.1. The molecule has 2 aromatic carbocycles. The van der Waals surface area contributed by atoms with Gasteiger partial charge in [-0.2, -0.15) is 0 Å². The van der Waals surface area contributed by atoms with Crippen molar-refractivity contribution in [1.82, 2.24) is 14.4 Å². The maximum absolute atomic E-state index is 15.4. The lowest BCUT2D eigenvalue weighted by Gasteiger charge is -2.22. The van der Waals surface area contributed by atoms with Crippen molar-refractivity contribution in [2.45, 2.75) is 39.7 Å². The summed E-state index contributed by atoms with van der Waals surface area (Å²) in [7, 11) is 0. The molecule has 0 bridgehead atoms. The summed E-state index contributed by atoms with van der Waals surface area (Å²) in [5, 5.41) is 2.76. The molecule has 1 atom stereocenters. The highest BCUT2D eigenvalue weighted by molar-refractivity contribution is 6.34. The Hall–Kier alpha value is -3.36. The van der Waals surface area contributed by atoms with Gasteiger partial charge in [0.1, 0.15) is 28.5 Å². The van der Waals surface area contributed by atoms with Gasteiger partial charge in [0.2, 0.25) is 0 Å². The smallest absolute Gasteiger partial charge is 0.262 e. The molecule has 0 spiro atoms. The Morgan fingerprint density at radius 3 is 2.60 bits per heavy atom. The number of anilines is 2. The average Bonchev–Trinajstić information content (AvgIpc) is 3.14. The second kappa shape index (κ2) is 9.71. The first-order valence-corrected chi connectivity index (χ1v) is 11.7. The normalized spacial score (nSPS) is 12.2. The molecule has 0 aliphatic rings. The molecule has 7 nitrogen and oxygen atoms in total. The van der Waals surface area contributed by atoms with Crippen LogP contribution in [0.4, 0.5) is 15.9 Å². The number of rotatable bonds is 6. The predicted octanol–water partition coefficient (Wildman–Crippen LogP) is 6.26. The van der Waals surface area contributed by atoms with Crippen LogP contribution < -0.4 is 15.8 Å². The molecule has 0 aliphatic heterocycles. The maximum atomic E-state index is 15.4. The van der Waals surface area contributed by atoms with E-state index in [9.17, 15) is 4.79 Å². The van der Waals surface area contributed by atoms with Gasteiger partial charge >= 0.3 is 0 Å². The minimum absolute atomic E-state index is 0.0791. The molecule has 35 heavy (non-hydrogen) atoms. The van der Waals surface area contributed by atoms with Crippen molar-refractivity contribution in [2.24, 2.45) is 0 Å². The van der Waals surface area contributed by atoms with Gasteiger partial charge < -0.3 is 15.8 Å². The molecule has 0 aliphatic carbocycles. The third-order valence-electron chi connectivity index (χ3n) is 5.54. The molecule has 2 heterocycles. The van der Waals surface area contributed by atoms with E-state index in [1.54, 1.807) is 50.5 Å². The van der Waals surface area contributed by atoms with Gasteiger partial charge in [-0.05, 0) is 39.0 Å². The highest BCUT2D eigenvalue weighted by Crippen LogP contribution is 2.40. The number of aryl methyl sites for hydroxylation is 1. The molecule has 2 aromatic heterocycles. The van der Waals surface area contributed by atoms with Gasteiger partial charge in [0.15, 0.2) is 5.82 Å². The minimum Gasteiger partial charge on any atom is -0.490 e. The van der Waals surface area contributed by atoms with Gasteiger partial charge in [0.05, 0.1) is 27.5 Å². The standard InChI is InChI=1S/C25H24Cl2FN5O2/c1-12(2)35-22-15(13(3)24-31-14(4)21-23(29)30-9-10-33(21)24)11-17(27)20(28)19(22)25(34)32-18-8-6-5-7-16(18)26/h5-13H,1-4H3,(H2,29,30)(H,32,34). The van der Waals surface area contributed by atoms with Crippen LogP contribution in [0.25, 0.3) is 5.52 Å². The quantitative estimate of drug-likeness (QED) is 0.316. The van der Waals surface area contributed by atoms with Crippen LogP contribution in [-0.4, -0.2) is 26.4 Å². The van der Waals surface area contributed by atoms with Crippen LogP contribution in [0, 0.1) is 12.7 Å².